The van der Waals surface area contributed by atoms with E-state index in [4.69, 9.17) is 34.4 Å². The Morgan fingerprint density at radius 3 is 1.21 bits per heavy atom. The fourth-order valence-corrected chi connectivity index (χ4v) is 11.0. The zero-order valence-electron chi connectivity index (χ0n) is 63.4. The van der Waals surface area contributed by atoms with Gasteiger partial charge in [0.15, 0.2) is 11.9 Å². The summed E-state index contributed by atoms with van der Waals surface area (Å²) in [6, 6.07) is -1.71. The van der Waals surface area contributed by atoms with Crippen LogP contribution >= 0.6 is 0 Å². The van der Waals surface area contributed by atoms with Crippen molar-refractivity contribution >= 4 is 111 Å². The molecule has 0 saturated heterocycles. The summed E-state index contributed by atoms with van der Waals surface area (Å²) >= 11 is 0. The first-order valence-corrected chi connectivity index (χ1v) is 36.4. The summed E-state index contributed by atoms with van der Waals surface area (Å²) in [4.78, 5) is 213. The van der Waals surface area contributed by atoms with E-state index in [1.807, 2.05) is 0 Å². The SMILES string of the molecule is CC(C)CC(NC(=O)CNC(=O)C(CCCN=C(N)N)NC(=O)CNC(=O)C(CCCCN)NC(=O)CN)C(=O)NC(CO)C(=O)NC(CC(C)C)C(=O)NC(CO)C(=O)NC(CCCN=C(N)N)C(=O)NC(Cc1ccccc1)C(=O)NC(CO)C(=O)NC(Cc1c[nH]c2ccccc12)C(=O)NCC(=O)NC(C)C(=O)O. The summed E-state index contributed by atoms with van der Waals surface area (Å²) in [5.41, 5.74) is 34.6. The van der Waals surface area contributed by atoms with Gasteiger partial charge in [-0.15, -0.1) is 0 Å². The molecular formula is C70H111N23O19. The van der Waals surface area contributed by atoms with Gasteiger partial charge in [0.25, 0.3) is 0 Å². The number of aliphatic carboxylic acids is 1. The predicted molar refractivity (Wildman–Crippen MR) is 408 cm³/mol. The van der Waals surface area contributed by atoms with Crippen LogP contribution in [0, 0.1) is 11.8 Å². The third-order valence-electron chi connectivity index (χ3n) is 16.8. The quantitative estimate of drug-likeness (QED) is 0.0142. The van der Waals surface area contributed by atoms with E-state index in [0.29, 0.717) is 41.4 Å². The number of guanidine groups is 2. The number of aliphatic hydroxyl groups is 3. The topological polar surface area (TPSA) is 702 Å². The van der Waals surface area contributed by atoms with E-state index in [-0.39, 0.29) is 94.6 Å². The molecule has 11 atom stereocenters. The molecule has 0 saturated carbocycles. The number of aromatic amines is 1. The van der Waals surface area contributed by atoms with Crippen molar-refractivity contribution in [2.45, 2.75) is 172 Å². The van der Waals surface area contributed by atoms with Gasteiger partial charge in [-0.1, -0.05) is 76.2 Å². The van der Waals surface area contributed by atoms with E-state index in [1.165, 1.54) is 6.92 Å². The average Bonchev–Trinajstić information content (AvgIpc) is 1.58. The van der Waals surface area contributed by atoms with Crippen molar-refractivity contribution in [3.63, 3.8) is 0 Å². The molecule has 0 bridgehead atoms. The number of nitrogens with two attached hydrogens (primary N) is 6. The maximum Gasteiger partial charge on any atom is 0.325 e. The third-order valence-corrected chi connectivity index (χ3v) is 16.8. The minimum atomic E-state index is -1.87. The molecule has 0 radical (unpaired) electrons. The van der Waals surface area contributed by atoms with Gasteiger partial charge < -0.3 is 134 Å². The molecule has 0 aliphatic rings. The molecule has 31 N–H and O–H groups in total. The van der Waals surface area contributed by atoms with Crippen LogP contribution in [0.2, 0.25) is 0 Å². The smallest absolute Gasteiger partial charge is 0.325 e. The number of fused-ring (bicyclic) bond motifs is 1. The summed E-state index contributed by atoms with van der Waals surface area (Å²) in [7, 11) is 0. The molecule has 0 aliphatic carbocycles. The normalized spacial score (nSPS) is 14.0. The van der Waals surface area contributed by atoms with Crippen LogP contribution in [-0.4, -0.2) is 258 Å². The number of aromatic nitrogens is 1. The number of carboxylic acids is 1. The highest BCUT2D eigenvalue weighted by Gasteiger charge is 2.36. The Balaban J connectivity index is 1.82. The second-order valence-electron chi connectivity index (χ2n) is 27.0. The van der Waals surface area contributed by atoms with E-state index < -0.39 is 201 Å². The second kappa shape index (κ2) is 50.2. The Morgan fingerprint density at radius 2 is 0.759 bits per heavy atom. The van der Waals surface area contributed by atoms with E-state index in [0.717, 1.165) is 0 Å². The molecule has 1 heterocycles. The maximum absolute atomic E-state index is 14.6. The molecule has 112 heavy (non-hydrogen) atoms. The first kappa shape index (κ1) is 94.6. The number of aliphatic hydroxyl groups excluding tert-OH is 3. The summed E-state index contributed by atoms with van der Waals surface area (Å²) in [6.07, 6.45) is 1.87. The fourth-order valence-electron chi connectivity index (χ4n) is 11.0. The van der Waals surface area contributed by atoms with Crippen molar-refractivity contribution in [3.05, 3.63) is 71.9 Å². The molecule has 42 nitrogen and oxygen atoms in total. The van der Waals surface area contributed by atoms with Gasteiger partial charge in [-0.25, -0.2) is 0 Å². The van der Waals surface area contributed by atoms with Crippen LogP contribution in [0.3, 0.4) is 0 Å². The Labute approximate surface area is 646 Å². The number of benzene rings is 2. The number of nitrogens with one attached hydrogen (secondary N) is 15. The summed E-state index contributed by atoms with van der Waals surface area (Å²) in [6.45, 7) is 2.44. The molecule has 11 unspecified atom stereocenters. The molecule has 42 heteroatoms. The fraction of sp³-hybridized carbons (Fsp3) is 0.557. The number of unbranched alkanes of at least 4 members (excludes halogenated alkanes) is 1. The standard InChI is InChI=1S/C70H111N23O19/c1-37(2)25-47(86-57(100)33-81-59(102)45(20-13-23-77-69(73)74)85-56(99)32-80-58(101)44(19-11-12-22-71)84-54(97)29-72)62(105)91-52(35-95)66(109)88-48(26-38(3)4)63(106)92-51(34-94)65(108)87-46(21-14-24-78-70(75)76)61(104)89-49(27-40-15-7-6-8-16-40)64(107)93-53(36-96)67(110)90-50(28-41-30-79-43-18-10-9-17-42(41)43)60(103)82-31-55(98)83-39(5)68(111)112/h6-10,15-18,30,37-39,44-53,79,94-96H,11-14,19-29,31-36,71-72H2,1-5H3,(H,80,101)(H,81,102)(H,82,103)(H,83,98)(H,84,97)(H,85,99)(H,86,100)(H,87,108)(H,88,109)(H,89,104)(H,90,110)(H,91,105)(H,92,106)(H,93,107)(H,111,112)(H4,73,74,77)(H4,75,76,78). The highest BCUT2D eigenvalue weighted by Crippen LogP contribution is 2.20. The number of hydrogen-bond acceptors (Lipinski definition) is 22. The zero-order valence-corrected chi connectivity index (χ0v) is 63.4. The zero-order chi connectivity index (χ0) is 83.6. The van der Waals surface area contributed by atoms with Gasteiger partial charge >= 0.3 is 5.97 Å². The number of rotatable bonds is 52. The van der Waals surface area contributed by atoms with Crippen LogP contribution in [0.5, 0.6) is 0 Å². The van der Waals surface area contributed by atoms with Gasteiger partial charge in [0, 0.05) is 43.0 Å². The average molecular weight is 1580 g/mol. The van der Waals surface area contributed by atoms with E-state index in [9.17, 15) is 92.3 Å². The van der Waals surface area contributed by atoms with Crippen molar-refractivity contribution in [2.24, 2.45) is 56.2 Å². The molecule has 620 valence electrons. The first-order chi connectivity index (χ1) is 53.1. The molecule has 3 aromatic rings. The Morgan fingerprint density at radius 1 is 0.402 bits per heavy atom. The minimum Gasteiger partial charge on any atom is -0.480 e. The lowest BCUT2D eigenvalue weighted by atomic mass is 10.0. The van der Waals surface area contributed by atoms with E-state index in [1.54, 1.807) is 88.5 Å². The van der Waals surface area contributed by atoms with Gasteiger partial charge in [-0.2, -0.15) is 0 Å². The lowest BCUT2D eigenvalue weighted by molar-refractivity contribution is -0.141. The molecule has 3 rings (SSSR count). The van der Waals surface area contributed by atoms with Gasteiger partial charge in [0.05, 0.1) is 46.0 Å². The van der Waals surface area contributed by atoms with E-state index >= 15 is 0 Å². The molecule has 14 amide bonds. The number of hydrogen-bond donors (Lipinski definition) is 25. The summed E-state index contributed by atoms with van der Waals surface area (Å²) in [5.74, 6) is -15.9. The third kappa shape index (κ3) is 35.4. The van der Waals surface area contributed by atoms with Crippen LogP contribution < -0.4 is 109 Å². The number of carbonyl (C=O) groups is 15. The van der Waals surface area contributed by atoms with E-state index in [2.05, 4.69) is 89.4 Å². The summed E-state index contributed by atoms with van der Waals surface area (Å²) in [5, 5.41) is 75.6. The van der Waals surface area contributed by atoms with Gasteiger partial charge in [0.1, 0.15) is 66.5 Å². The molecule has 0 fully saturated rings. The molecule has 0 spiro atoms. The Bertz CT molecular complexity index is 3700. The van der Waals surface area contributed by atoms with Crippen LogP contribution in [0.25, 0.3) is 10.9 Å². The van der Waals surface area contributed by atoms with Crippen molar-refractivity contribution in [3.8, 4) is 0 Å². The van der Waals surface area contributed by atoms with Gasteiger partial charge in [-0.05, 0) is 100 Å². The number of aliphatic imine (C=N–C) groups is 2. The second-order valence-corrected chi connectivity index (χ2v) is 27.0. The van der Waals surface area contributed by atoms with Crippen LogP contribution in [0.4, 0.5) is 0 Å². The van der Waals surface area contributed by atoms with Crippen molar-refractivity contribution in [1.29, 1.82) is 0 Å². The molecular weight excluding hydrogens is 1470 g/mol. The monoisotopic (exact) mass is 1580 g/mol. The lowest BCUT2D eigenvalue weighted by Gasteiger charge is -2.28. The number of carboxylic acid groups (broad SMARTS) is 1. The number of H-pyrrole nitrogens is 1. The summed E-state index contributed by atoms with van der Waals surface area (Å²) < 4.78 is 0. The minimum absolute atomic E-state index is 0.0131. The highest BCUT2D eigenvalue weighted by molar-refractivity contribution is 6.00. The Hall–Kier alpha value is -11.6. The van der Waals surface area contributed by atoms with Gasteiger partial charge in [-0.3, -0.25) is 81.9 Å². The largest absolute Gasteiger partial charge is 0.480 e. The van der Waals surface area contributed by atoms with Crippen molar-refractivity contribution < 1.29 is 92.3 Å². The number of amides is 14. The number of carbonyl (C=O) groups excluding carboxylic acids is 14. The molecule has 1 aromatic heterocycles. The van der Waals surface area contributed by atoms with Crippen molar-refractivity contribution in [1.82, 2.24) is 79.4 Å². The lowest BCUT2D eigenvalue weighted by Crippen LogP contribution is -2.61. The predicted octanol–water partition coefficient (Wildman–Crippen LogP) is -9.00. The number of nitrogens with zero attached hydrogens (tertiary/aromatic N) is 2. The number of para-hydroxylation sites is 1. The molecule has 0 aliphatic heterocycles. The molecule has 2 aromatic carbocycles. The van der Waals surface area contributed by atoms with Crippen molar-refractivity contribution in [2.75, 3.05) is 65.6 Å². The van der Waals surface area contributed by atoms with Crippen LogP contribution in [-0.2, 0) is 84.8 Å². The van der Waals surface area contributed by atoms with Crippen LogP contribution in [0.15, 0.2) is 70.8 Å². The van der Waals surface area contributed by atoms with Gasteiger partial charge in [0.2, 0.25) is 82.7 Å². The Kier molecular flexibility index (Phi) is 42.4. The highest BCUT2D eigenvalue weighted by atomic mass is 16.4. The maximum atomic E-state index is 14.6. The van der Waals surface area contributed by atoms with Crippen LogP contribution in [0.1, 0.15) is 104 Å². The first-order valence-electron chi connectivity index (χ1n) is 36.4.